The van der Waals surface area contributed by atoms with E-state index in [2.05, 4.69) is 6.92 Å². The van der Waals surface area contributed by atoms with Crippen molar-refractivity contribution in [3.8, 4) is 5.75 Å². The van der Waals surface area contributed by atoms with Gasteiger partial charge in [-0.05, 0) is 45.4 Å². The van der Waals surface area contributed by atoms with E-state index >= 15 is 0 Å². The smallest absolute Gasteiger partial charge is 0.419 e. The maximum absolute atomic E-state index is 12.5. The Bertz CT molecular complexity index is 650. The normalized spacial score (nSPS) is 11.7. The highest BCUT2D eigenvalue weighted by molar-refractivity contribution is 5.94. The molecule has 0 amide bonds. The third-order valence-corrected chi connectivity index (χ3v) is 3.18. The molecule has 21 heavy (non-hydrogen) atoms. The molecule has 1 aromatic carbocycles. The van der Waals surface area contributed by atoms with Gasteiger partial charge in [-0.2, -0.15) is 0 Å². The van der Waals surface area contributed by atoms with E-state index in [4.69, 9.17) is 9.47 Å². The molecule has 0 fully saturated rings. The average molecular weight is 289 g/mol. The van der Waals surface area contributed by atoms with Gasteiger partial charge in [-0.3, -0.25) is 0 Å². The average Bonchev–Trinajstić information content (AvgIpc) is 2.75. The van der Waals surface area contributed by atoms with Crippen LogP contribution in [0.3, 0.4) is 0 Å². The summed E-state index contributed by atoms with van der Waals surface area (Å²) in [7, 11) is 1.64. The Hall–Kier alpha value is -1.97. The van der Waals surface area contributed by atoms with Crippen molar-refractivity contribution < 1.29 is 14.3 Å². The predicted octanol–water partition coefficient (Wildman–Crippen LogP) is 4.39. The van der Waals surface area contributed by atoms with E-state index in [1.807, 2.05) is 45.0 Å². The number of carbonyl (C=O) groups excluding carboxylic acids is 1. The molecule has 2 rings (SSSR count). The summed E-state index contributed by atoms with van der Waals surface area (Å²) >= 11 is 0. The first-order valence-electron chi connectivity index (χ1n) is 7.28. The first-order chi connectivity index (χ1) is 9.87. The van der Waals surface area contributed by atoms with Crippen LogP contribution in [0.2, 0.25) is 0 Å². The zero-order chi connectivity index (χ0) is 15.6. The molecule has 0 bridgehead atoms. The molecule has 114 valence electrons. The zero-order valence-corrected chi connectivity index (χ0v) is 13.4. The number of aromatic nitrogens is 1. The number of hydrogen-bond acceptors (Lipinski definition) is 3. The SMILES string of the molecule is CCCc1cc2c(OC)cccc2n1C(=O)OC(C)(C)C. The molecule has 1 aromatic heterocycles. The van der Waals surface area contributed by atoms with Gasteiger partial charge >= 0.3 is 6.09 Å². The highest BCUT2D eigenvalue weighted by atomic mass is 16.6. The van der Waals surface area contributed by atoms with Crippen molar-refractivity contribution in [2.45, 2.75) is 46.1 Å². The summed E-state index contributed by atoms with van der Waals surface area (Å²) in [5, 5.41) is 0.939. The number of rotatable bonds is 3. The van der Waals surface area contributed by atoms with E-state index in [9.17, 15) is 4.79 Å². The molecule has 0 unspecified atom stereocenters. The van der Waals surface area contributed by atoms with Crippen molar-refractivity contribution in [2.24, 2.45) is 0 Å². The van der Waals surface area contributed by atoms with Gasteiger partial charge in [-0.25, -0.2) is 9.36 Å². The lowest BCUT2D eigenvalue weighted by Gasteiger charge is -2.21. The topological polar surface area (TPSA) is 40.5 Å². The molecular formula is C17H23NO3. The lowest BCUT2D eigenvalue weighted by molar-refractivity contribution is 0.0540. The van der Waals surface area contributed by atoms with Crippen LogP contribution in [0, 0.1) is 0 Å². The van der Waals surface area contributed by atoms with Crippen molar-refractivity contribution in [1.82, 2.24) is 4.57 Å². The van der Waals surface area contributed by atoms with Gasteiger partial charge in [0.15, 0.2) is 0 Å². The van der Waals surface area contributed by atoms with E-state index in [0.717, 1.165) is 35.2 Å². The maximum atomic E-state index is 12.5. The second-order valence-electron chi connectivity index (χ2n) is 6.09. The van der Waals surface area contributed by atoms with Crippen molar-refractivity contribution in [3.05, 3.63) is 30.0 Å². The maximum Gasteiger partial charge on any atom is 0.419 e. The van der Waals surface area contributed by atoms with Crippen LogP contribution in [0.5, 0.6) is 5.75 Å². The largest absolute Gasteiger partial charge is 0.496 e. The number of benzene rings is 1. The Morgan fingerprint density at radius 2 is 2.00 bits per heavy atom. The standard InChI is InChI=1S/C17H23NO3/c1-6-8-12-11-13-14(9-7-10-15(13)20-5)18(12)16(19)21-17(2,3)4/h7,9-11H,6,8H2,1-5H3. The quantitative estimate of drug-likeness (QED) is 0.841. The number of carbonyl (C=O) groups is 1. The van der Waals surface area contributed by atoms with Gasteiger partial charge in [-0.15, -0.1) is 0 Å². The number of nitrogens with zero attached hydrogens (tertiary/aromatic N) is 1. The predicted molar refractivity (Wildman–Crippen MR) is 84.1 cm³/mol. The molecule has 0 spiro atoms. The third kappa shape index (κ3) is 3.20. The molecule has 4 heteroatoms. The van der Waals surface area contributed by atoms with Crippen molar-refractivity contribution in [2.75, 3.05) is 7.11 Å². The number of ether oxygens (including phenoxy) is 2. The molecule has 0 aliphatic heterocycles. The minimum absolute atomic E-state index is 0.339. The van der Waals surface area contributed by atoms with Crippen LogP contribution in [0.25, 0.3) is 10.9 Å². The summed E-state index contributed by atoms with van der Waals surface area (Å²) in [6.07, 6.45) is 1.44. The Labute approximate surface area is 125 Å². The van der Waals surface area contributed by atoms with Gasteiger partial charge in [-0.1, -0.05) is 19.4 Å². The van der Waals surface area contributed by atoms with Crippen molar-refractivity contribution in [1.29, 1.82) is 0 Å². The molecular weight excluding hydrogens is 266 g/mol. The third-order valence-electron chi connectivity index (χ3n) is 3.18. The second-order valence-corrected chi connectivity index (χ2v) is 6.09. The van der Waals surface area contributed by atoms with Crippen LogP contribution < -0.4 is 4.74 Å². The van der Waals surface area contributed by atoms with Crippen LogP contribution in [-0.2, 0) is 11.2 Å². The molecule has 0 aliphatic carbocycles. The highest BCUT2D eigenvalue weighted by Crippen LogP contribution is 2.30. The van der Waals surface area contributed by atoms with E-state index in [1.54, 1.807) is 11.7 Å². The van der Waals surface area contributed by atoms with E-state index < -0.39 is 5.60 Å². The first-order valence-corrected chi connectivity index (χ1v) is 7.28. The zero-order valence-electron chi connectivity index (χ0n) is 13.4. The van der Waals surface area contributed by atoms with Gasteiger partial charge in [0.25, 0.3) is 0 Å². The van der Waals surface area contributed by atoms with Crippen LogP contribution in [0.15, 0.2) is 24.3 Å². The lowest BCUT2D eigenvalue weighted by Crippen LogP contribution is -2.28. The lowest BCUT2D eigenvalue weighted by atomic mass is 10.2. The van der Waals surface area contributed by atoms with E-state index in [1.165, 1.54) is 0 Å². The Morgan fingerprint density at radius 3 is 2.57 bits per heavy atom. The Morgan fingerprint density at radius 1 is 1.29 bits per heavy atom. The number of hydrogen-bond donors (Lipinski definition) is 0. The summed E-state index contributed by atoms with van der Waals surface area (Å²) in [6, 6.07) is 7.72. The summed E-state index contributed by atoms with van der Waals surface area (Å²) < 4.78 is 12.6. The Balaban J connectivity index is 2.59. The molecule has 2 aromatic rings. The number of aryl methyl sites for hydroxylation is 1. The number of methoxy groups -OCH3 is 1. The second kappa shape index (κ2) is 5.80. The molecule has 0 radical (unpaired) electrons. The van der Waals surface area contributed by atoms with Gasteiger partial charge in [0, 0.05) is 11.1 Å². The first kappa shape index (κ1) is 15.4. The van der Waals surface area contributed by atoms with Crippen LogP contribution in [0.4, 0.5) is 4.79 Å². The number of fused-ring (bicyclic) bond motifs is 1. The summed E-state index contributed by atoms with van der Waals surface area (Å²) in [4.78, 5) is 12.5. The minimum atomic E-state index is -0.518. The molecule has 0 N–H and O–H groups in total. The van der Waals surface area contributed by atoms with Gasteiger partial charge in [0.1, 0.15) is 11.4 Å². The van der Waals surface area contributed by atoms with Gasteiger partial charge in [0.05, 0.1) is 12.6 Å². The van der Waals surface area contributed by atoms with Crippen LogP contribution in [-0.4, -0.2) is 23.4 Å². The van der Waals surface area contributed by atoms with E-state index in [-0.39, 0.29) is 6.09 Å². The Kier molecular flexibility index (Phi) is 4.26. The molecule has 0 atom stereocenters. The molecule has 0 aliphatic rings. The fourth-order valence-corrected chi connectivity index (χ4v) is 2.40. The minimum Gasteiger partial charge on any atom is -0.496 e. The van der Waals surface area contributed by atoms with Gasteiger partial charge in [0.2, 0.25) is 0 Å². The van der Waals surface area contributed by atoms with Crippen LogP contribution in [0.1, 0.15) is 39.8 Å². The monoisotopic (exact) mass is 289 g/mol. The van der Waals surface area contributed by atoms with Crippen molar-refractivity contribution in [3.63, 3.8) is 0 Å². The summed E-state index contributed by atoms with van der Waals surface area (Å²) in [5.41, 5.74) is 1.26. The molecule has 0 saturated carbocycles. The molecule has 0 saturated heterocycles. The van der Waals surface area contributed by atoms with Crippen molar-refractivity contribution >= 4 is 17.0 Å². The fraction of sp³-hybridized carbons (Fsp3) is 0.471. The fourth-order valence-electron chi connectivity index (χ4n) is 2.40. The molecule has 4 nitrogen and oxygen atoms in total. The highest BCUT2D eigenvalue weighted by Gasteiger charge is 2.22. The summed E-state index contributed by atoms with van der Waals surface area (Å²) in [6.45, 7) is 7.71. The molecule has 1 heterocycles. The van der Waals surface area contributed by atoms with E-state index in [0.29, 0.717) is 0 Å². The summed E-state index contributed by atoms with van der Waals surface area (Å²) in [5.74, 6) is 0.771. The van der Waals surface area contributed by atoms with Gasteiger partial charge < -0.3 is 9.47 Å². The van der Waals surface area contributed by atoms with Crippen LogP contribution >= 0.6 is 0 Å².